The molecule has 0 spiro atoms. The highest BCUT2D eigenvalue weighted by Gasteiger charge is 2.21. The highest BCUT2D eigenvalue weighted by atomic mass is 16.5. The highest BCUT2D eigenvalue weighted by molar-refractivity contribution is 5.85. The van der Waals surface area contributed by atoms with Gasteiger partial charge in [0.15, 0.2) is 0 Å². The van der Waals surface area contributed by atoms with Crippen LogP contribution in [0.2, 0.25) is 0 Å². The summed E-state index contributed by atoms with van der Waals surface area (Å²) in [4.78, 5) is 5.76. The molecule has 1 N–H and O–H groups in total. The van der Waals surface area contributed by atoms with E-state index in [1.54, 1.807) is 0 Å². The molecule has 3 aromatic rings. The van der Waals surface area contributed by atoms with Crippen molar-refractivity contribution in [3.8, 4) is 5.75 Å². The third-order valence-corrected chi connectivity index (χ3v) is 4.63. The minimum atomic E-state index is 0.322. The summed E-state index contributed by atoms with van der Waals surface area (Å²) in [6.45, 7) is 3.24. The molecule has 0 aliphatic carbocycles. The van der Waals surface area contributed by atoms with E-state index in [1.807, 2.05) is 6.20 Å². The van der Waals surface area contributed by atoms with Gasteiger partial charge in [-0.2, -0.15) is 0 Å². The van der Waals surface area contributed by atoms with Gasteiger partial charge in [0.05, 0.1) is 0 Å². The molecule has 118 valence electrons. The van der Waals surface area contributed by atoms with E-state index < -0.39 is 0 Å². The fourth-order valence-corrected chi connectivity index (χ4v) is 3.37. The number of aromatic amines is 1. The van der Waals surface area contributed by atoms with Crippen LogP contribution in [0.4, 0.5) is 0 Å². The molecule has 1 aromatic heterocycles. The summed E-state index contributed by atoms with van der Waals surface area (Å²) in [7, 11) is 0. The van der Waals surface area contributed by atoms with Crippen LogP contribution in [0.3, 0.4) is 0 Å². The van der Waals surface area contributed by atoms with Crippen LogP contribution in [-0.2, 0) is 6.54 Å². The molecule has 3 nitrogen and oxygen atoms in total. The van der Waals surface area contributed by atoms with E-state index in [2.05, 4.69) is 64.5 Å². The number of aromatic nitrogens is 1. The first-order chi connectivity index (χ1) is 11.4. The fraction of sp³-hybridized carbons (Fsp3) is 0.300. The molecule has 2 heterocycles. The van der Waals surface area contributed by atoms with E-state index in [0.29, 0.717) is 6.10 Å². The number of nitrogens with zero attached hydrogens (tertiary/aromatic N) is 1. The van der Waals surface area contributed by atoms with Crippen molar-refractivity contribution in [3.63, 3.8) is 0 Å². The lowest BCUT2D eigenvalue weighted by Gasteiger charge is -2.32. The summed E-state index contributed by atoms with van der Waals surface area (Å²) < 4.78 is 6.28. The van der Waals surface area contributed by atoms with Crippen LogP contribution in [0.5, 0.6) is 5.75 Å². The number of fused-ring (bicyclic) bond motifs is 1. The smallest absolute Gasteiger partial charge is 0.129 e. The lowest BCUT2D eigenvalue weighted by atomic mass is 10.1. The fourth-order valence-electron chi connectivity index (χ4n) is 3.37. The van der Waals surface area contributed by atoms with Gasteiger partial charge in [0.2, 0.25) is 0 Å². The van der Waals surface area contributed by atoms with Gasteiger partial charge >= 0.3 is 0 Å². The van der Waals surface area contributed by atoms with Crippen molar-refractivity contribution in [2.24, 2.45) is 0 Å². The van der Waals surface area contributed by atoms with Gasteiger partial charge in [-0.1, -0.05) is 36.4 Å². The second kappa shape index (κ2) is 6.47. The van der Waals surface area contributed by atoms with Crippen molar-refractivity contribution < 1.29 is 4.74 Å². The second-order valence-corrected chi connectivity index (χ2v) is 6.27. The molecule has 1 aliphatic rings. The largest absolute Gasteiger partial charge is 0.490 e. The van der Waals surface area contributed by atoms with Crippen LogP contribution >= 0.6 is 0 Å². The molecule has 1 fully saturated rings. The van der Waals surface area contributed by atoms with Crippen molar-refractivity contribution in [2.45, 2.75) is 25.5 Å². The Kier molecular flexibility index (Phi) is 4.03. The summed E-state index contributed by atoms with van der Waals surface area (Å²) in [6, 6.07) is 19.0. The quantitative estimate of drug-likeness (QED) is 0.782. The summed E-state index contributed by atoms with van der Waals surface area (Å²) in [5.74, 6) is 1.00. The molecule has 1 aliphatic heterocycles. The molecule has 0 amide bonds. The molecule has 0 saturated carbocycles. The normalized spacial score (nSPS) is 16.7. The van der Waals surface area contributed by atoms with Crippen molar-refractivity contribution >= 4 is 10.9 Å². The van der Waals surface area contributed by atoms with Crippen LogP contribution in [-0.4, -0.2) is 29.1 Å². The number of nitrogens with one attached hydrogen (secondary N) is 1. The molecule has 0 radical (unpaired) electrons. The molecular formula is C20H22N2O. The Morgan fingerprint density at radius 1 is 0.957 bits per heavy atom. The molecular weight excluding hydrogens is 284 g/mol. The first-order valence-corrected chi connectivity index (χ1v) is 8.37. The molecule has 23 heavy (non-hydrogen) atoms. The third-order valence-electron chi connectivity index (χ3n) is 4.63. The molecule has 1 saturated heterocycles. The van der Waals surface area contributed by atoms with Crippen LogP contribution in [0.25, 0.3) is 10.9 Å². The molecule has 2 aromatic carbocycles. The number of rotatable bonds is 4. The van der Waals surface area contributed by atoms with Crippen molar-refractivity contribution in [2.75, 3.05) is 13.1 Å². The maximum Gasteiger partial charge on any atom is 0.129 e. The first-order valence-electron chi connectivity index (χ1n) is 8.37. The minimum Gasteiger partial charge on any atom is -0.490 e. The van der Waals surface area contributed by atoms with E-state index in [-0.39, 0.29) is 0 Å². The van der Waals surface area contributed by atoms with E-state index in [4.69, 9.17) is 4.74 Å². The topological polar surface area (TPSA) is 28.3 Å². The summed E-state index contributed by atoms with van der Waals surface area (Å²) in [6.07, 6.45) is 4.48. The summed E-state index contributed by atoms with van der Waals surface area (Å²) in [5.41, 5.74) is 2.54. The number of piperidine rings is 1. The Labute approximate surface area is 136 Å². The Morgan fingerprint density at radius 2 is 1.78 bits per heavy atom. The predicted molar refractivity (Wildman–Crippen MR) is 93.7 cm³/mol. The number of likely N-dealkylation sites (tertiary alicyclic amines) is 1. The second-order valence-electron chi connectivity index (χ2n) is 6.27. The number of ether oxygens (including phenoxy) is 1. The van der Waals surface area contributed by atoms with Gasteiger partial charge in [0.1, 0.15) is 11.9 Å². The van der Waals surface area contributed by atoms with Crippen LogP contribution in [0.1, 0.15) is 18.4 Å². The van der Waals surface area contributed by atoms with Crippen molar-refractivity contribution in [3.05, 3.63) is 66.4 Å². The van der Waals surface area contributed by atoms with E-state index >= 15 is 0 Å². The zero-order chi connectivity index (χ0) is 15.5. The van der Waals surface area contributed by atoms with Gasteiger partial charge < -0.3 is 9.72 Å². The van der Waals surface area contributed by atoms with Gasteiger partial charge in [0, 0.05) is 36.7 Å². The van der Waals surface area contributed by atoms with Gasteiger partial charge in [-0.05, 0) is 36.6 Å². The molecule has 0 atom stereocenters. The zero-order valence-electron chi connectivity index (χ0n) is 13.2. The molecule has 0 unspecified atom stereocenters. The number of hydrogen-bond acceptors (Lipinski definition) is 2. The summed E-state index contributed by atoms with van der Waals surface area (Å²) >= 11 is 0. The zero-order valence-corrected chi connectivity index (χ0v) is 13.2. The number of hydrogen-bond donors (Lipinski definition) is 1. The summed E-state index contributed by atoms with van der Waals surface area (Å²) in [5, 5.41) is 1.18. The lowest BCUT2D eigenvalue weighted by molar-refractivity contribution is 0.0980. The molecule has 3 heteroatoms. The Balaban J connectivity index is 1.36. The van der Waals surface area contributed by atoms with E-state index in [9.17, 15) is 0 Å². The van der Waals surface area contributed by atoms with Gasteiger partial charge in [-0.15, -0.1) is 0 Å². The Hall–Kier alpha value is -2.26. The van der Waals surface area contributed by atoms with Crippen LogP contribution in [0.15, 0.2) is 60.8 Å². The monoisotopic (exact) mass is 306 g/mol. The number of benzene rings is 2. The third kappa shape index (κ3) is 3.25. The molecule has 4 rings (SSSR count). The Morgan fingerprint density at radius 3 is 2.61 bits per heavy atom. The van der Waals surface area contributed by atoms with Gasteiger partial charge in [-0.25, -0.2) is 0 Å². The van der Waals surface area contributed by atoms with Crippen LogP contribution < -0.4 is 4.74 Å². The lowest BCUT2D eigenvalue weighted by Crippen LogP contribution is -2.37. The average Bonchev–Trinajstić information content (AvgIpc) is 3.07. The Bertz CT molecular complexity index is 757. The standard InChI is InChI=1S/C20H22N2O/c1-2-5-16(6-3-1)15-22-13-10-17(11-14-22)23-20-8-4-7-19-18(20)9-12-21-19/h1-9,12,17,21H,10-11,13-15H2. The first kappa shape index (κ1) is 14.3. The van der Waals surface area contributed by atoms with E-state index in [1.165, 1.54) is 10.9 Å². The van der Waals surface area contributed by atoms with Crippen molar-refractivity contribution in [1.29, 1.82) is 0 Å². The minimum absolute atomic E-state index is 0.322. The van der Waals surface area contributed by atoms with Crippen molar-refractivity contribution in [1.82, 2.24) is 9.88 Å². The maximum absolute atomic E-state index is 6.28. The van der Waals surface area contributed by atoms with E-state index in [0.717, 1.165) is 43.7 Å². The SMILES string of the molecule is c1ccc(CN2CCC(Oc3cccc4[nH]ccc34)CC2)cc1. The maximum atomic E-state index is 6.28. The highest BCUT2D eigenvalue weighted by Crippen LogP contribution is 2.27. The number of H-pyrrole nitrogens is 1. The van der Waals surface area contributed by atoms with Crippen LogP contribution in [0, 0.1) is 0 Å². The average molecular weight is 306 g/mol. The van der Waals surface area contributed by atoms with Gasteiger partial charge in [0.25, 0.3) is 0 Å². The molecule has 0 bridgehead atoms. The predicted octanol–water partition coefficient (Wildman–Crippen LogP) is 4.21. The van der Waals surface area contributed by atoms with Gasteiger partial charge in [-0.3, -0.25) is 4.90 Å².